The first-order valence-corrected chi connectivity index (χ1v) is 7.36. The van der Waals surface area contributed by atoms with Crippen LogP contribution in [0, 0.1) is 0 Å². The van der Waals surface area contributed by atoms with E-state index in [1.54, 1.807) is 25.8 Å². The maximum Gasteiger partial charge on any atom is 0.171 e. The summed E-state index contributed by atoms with van der Waals surface area (Å²) in [7, 11) is 1.68. The second kappa shape index (κ2) is 6.88. The summed E-state index contributed by atoms with van der Waals surface area (Å²) < 4.78 is 4.98. The third kappa shape index (κ3) is 3.62. The van der Waals surface area contributed by atoms with E-state index in [1.165, 1.54) is 11.3 Å². The third-order valence-corrected chi connectivity index (χ3v) is 4.46. The van der Waals surface area contributed by atoms with Crippen LogP contribution in [0.5, 0.6) is 0 Å². The number of methoxy groups -OCH3 is 1. The van der Waals surface area contributed by atoms with Gasteiger partial charge < -0.3 is 15.8 Å². The molecule has 0 atom stereocenters. The Morgan fingerprint density at radius 3 is 2.82 bits per heavy atom. The van der Waals surface area contributed by atoms with Gasteiger partial charge in [-0.25, -0.2) is 0 Å². The summed E-state index contributed by atoms with van der Waals surface area (Å²) in [5, 5.41) is 4.28. The molecule has 1 aromatic heterocycles. The molecule has 0 saturated carbocycles. The Labute approximate surface area is 110 Å². The Bertz CT molecular complexity index is 391. The van der Waals surface area contributed by atoms with Gasteiger partial charge in [-0.2, -0.15) is 0 Å². The molecule has 17 heavy (non-hydrogen) atoms. The van der Waals surface area contributed by atoms with Crippen molar-refractivity contribution in [1.29, 1.82) is 0 Å². The summed E-state index contributed by atoms with van der Waals surface area (Å²) in [6, 6.07) is 0. The van der Waals surface area contributed by atoms with Crippen LogP contribution in [-0.2, 0) is 4.74 Å². The Morgan fingerprint density at radius 2 is 2.29 bits per heavy atom. The maximum atomic E-state index is 11.4. The van der Waals surface area contributed by atoms with Gasteiger partial charge in [0.1, 0.15) is 5.00 Å². The van der Waals surface area contributed by atoms with Gasteiger partial charge in [0.05, 0.1) is 15.5 Å². The van der Waals surface area contributed by atoms with Crippen molar-refractivity contribution in [3.8, 4) is 0 Å². The van der Waals surface area contributed by atoms with Crippen LogP contribution in [0.2, 0.25) is 0 Å². The van der Waals surface area contributed by atoms with Gasteiger partial charge in [-0.15, -0.1) is 23.1 Å². The third-order valence-electron chi connectivity index (χ3n) is 2.23. The number of hydrogen-bond acceptors (Lipinski definition) is 6. The van der Waals surface area contributed by atoms with E-state index in [9.17, 15) is 4.79 Å². The van der Waals surface area contributed by atoms with Crippen molar-refractivity contribution in [1.82, 2.24) is 0 Å². The molecule has 1 rings (SSSR count). The molecule has 6 heteroatoms. The molecule has 1 heterocycles. The molecule has 0 spiro atoms. The predicted molar refractivity (Wildman–Crippen MR) is 75.5 cm³/mol. The van der Waals surface area contributed by atoms with Crippen LogP contribution in [0.3, 0.4) is 0 Å². The van der Waals surface area contributed by atoms with Gasteiger partial charge in [0.15, 0.2) is 5.78 Å². The van der Waals surface area contributed by atoms with Crippen LogP contribution in [0.1, 0.15) is 23.0 Å². The second-order valence-corrected chi connectivity index (χ2v) is 5.37. The van der Waals surface area contributed by atoms with E-state index in [2.05, 4.69) is 5.32 Å². The van der Waals surface area contributed by atoms with Crippen LogP contribution in [0.25, 0.3) is 0 Å². The van der Waals surface area contributed by atoms with Crippen LogP contribution >= 0.6 is 23.1 Å². The first kappa shape index (κ1) is 14.3. The number of ketones is 1. The summed E-state index contributed by atoms with van der Waals surface area (Å²) in [4.78, 5) is 13.0. The largest absolute Gasteiger partial charge is 0.396 e. The van der Waals surface area contributed by atoms with Gasteiger partial charge >= 0.3 is 0 Å². The molecule has 0 aromatic carbocycles. The highest BCUT2D eigenvalue weighted by molar-refractivity contribution is 7.99. The molecule has 96 valence electrons. The van der Waals surface area contributed by atoms with Gasteiger partial charge in [-0.1, -0.05) is 0 Å². The Hall–Kier alpha value is -0.720. The van der Waals surface area contributed by atoms with E-state index in [4.69, 9.17) is 10.5 Å². The minimum atomic E-state index is 0.0211. The first-order valence-electron chi connectivity index (χ1n) is 5.31. The fourth-order valence-electron chi connectivity index (χ4n) is 1.43. The number of carbonyl (C=O) groups excluding carboxylic acids is 1. The summed E-state index contributed by atoms with van der Waals surface area (Å²) in [6.07, 6.45) is 2.89. The molecule has 0 aliphatic heterocycles. The Kier molecular flexibility index (Phi) is 5.80. The molecule has 0 aliphatic carbocycles. The number of hydrogen-bond donors (Lipinski definition) is 2. The average Bonchev–Trinajstić information content (AvgIpc) is 2.61. The summed E-state index contributed by atoms with van der Waals surface area (Å²) in [6.45, 7) is 3.09. The highest BCUT2D eigenvalue weighted by atomic mass is 32.2. The zero-order valence-electron chi connectivity index (χ0n) is 10.3. The van der Waals surface area contributed by atoms with Gasteiger partial charge in [0.2, 0.25) is 0 Å². The number of Topliss-reactive ketones (excluding diaryl/α,β-unsaturated/α-hetero) is 1. The fourth-order valence-corrected chi connectivity index (χ4v) is 3.38. The zero-order chi connectivity index (χ0) is 12.8. The summed E-state index contributed by atoms with van der Waals surface area (Å²) >= 11 is 2.99. The number of thiophene rings is 1. The van der Waals surface area contributed by atoms with E-state index in [-0.39, 0.29) is 5.78 Å². The van der Waals surface area contributed by atoms with Gasteiger partial charge in [-0.3, -0.25) is 4.79 Å². The van der Waals surface area contributed by atoms with E-state index < -0.39 is 0 Å². The number of anilines is 2. The molecule has 3 N–H and O–H groups in total. The molecule has 0 saturated heterocycles. The predicted octanol–water partition coefficient (Wildman–Crippen LogP) is 2.70. The molecule has 0 radical (unpaired) electrons. The minimum Gasteiger partial charge on any atom is -0.396 e. The number of rotatable bonds is 7. The Morgan fingerprint density at radius 1 is 1.59 bits per heavy atom. The van der Waals surface area contributed by atoms with E-state index in [0.717, 1.165) is 29.5 Å². The van der Waals surface area contributed by atoms with Crippen molar-refractivity contribution in [3.63, 3.8) is 0 Å². The number of nitrogens with one attached hydrogen (secondary N) is 1. The van der Waals surface area contributed by atoms with E-state index in [0.29, 0.717) is 10.6 Å². The Balaban J connectivity index is 2.77. The molecule has 0 aliphatic rings. The van der Waals surface area contributed by atoms with Crippen molar-refractivity contribution < 1.29 is 9.53 Å². The lowest BCUT2D eigenvalue weighted by molar-refractivity contribution is 0.102. The normalized spacial score (nSPS) is 10.5. The maximum absolute atomic E-state index is 11.4. The quantitative estimate of drug-likeness (QED) is 0.455. The monoisotopic (exact) mass is 274 g/mol. The van der Waals surface area contributed by atoms with Gasteiger partial charge in [0.25, 0.3) is 0 Å². The summed E-state index contributed by atoms with van der Waals surface area (Å²) in [5.41, 5.74) is 6.55. The standard InChI is InChI=1S/C11H18N2O2S2/c1-7(14)9-8(12)10(16-3)11(17-9)13-5-4-6-15-2/h13H,4-6,12H2,1-3H3. The van der Waals surface area contributed by atoms with Crippen LogP contribution < -0.4 is 11.1 Å². The zero-order valence-corrected chi connectivity index (χ0v) is 12.0. The van der Waals surface area contributed by atoms with Crippen molar-refractivity contribution >= 4 is 39.6 Å². The van der Waals surface area contributed by atoms with Crippen LogP contribution in [0.4, 0.5) is 10.7 Å². The molecular weight excluding hydrogens is 256 g/mol. The van der Waals surface area contributed by atoms with Crippen molar-refractivity contribution in [2.75, 3.05) is 37.6 Å². The SMILES string of the molecule is COCCCNc1sc(C(C)=O)c(N)c1SC. The van der Waals surface area contributed by atoms with Crippen molar-refractivity contribution in [2.24, 2.45) is 0 Å². The molecular formula is C11H18N2O2S2. The number of nitrogen functional groups attached to an aromatic ring is 1. The van der Waals surface area contributed by atoms with E-state index in [1.807, 2.05) is 6.26 Å². The van der Waals surface area contributed by atoms with Crippen molar-refractivity contribution in [3.05, 3.63) is 4.88 Å². The number of thioether (sulfide) groups is 1. The smallest absolute Gasteiger partial charge is 0.171 e. The molecule has 0 fully saturated rings. The molecule has 0 amide bonds. The molecule has 0 unspecified atom stereocenters. The van der Waals surface area contributed by atoms with Crippen molar-refractivity contribution in [2.45, 2.75) is 18.2 Å². The van der Waals surface area contributed by atoms with E-state index >= 15 is 0 Å². The average molecular weight is 274 g/mol. The summed E-state index contributed by atoms with van der Waals surface area (Å²) in [5.74, 6) is 0.0211. The van der Waals surface area contributed by atoms with Gasteiger partial charge in [0, 0.05) is 27.2 Å². The fraction of sp³-hybridized carbons (Fsp3) is 0.545. The van der Waals surface area contributed by atoms with Crippen LogP contribution in [0.15, 0.2) is 4.90 Å². The van der Waals surface area contributed by atoms with Gasteiger partial charge in [-0.05, 0) is 12.7 Å². The minimum absolute atomic E-state index is 0.0211. The lowest BCUT2D eigenvalue weighted by Crippen LogP contribution is -2.04. The topological polar surface area (TPSA) is 64.3 Å². The second-order valence-electron chi connectivity index (χ2n) is 3.54. The number of nitrogens with two attached hydrogens (primary N) is 1. The number of ether oxygens (including phenoxy) is 1. The first-order chi connectivity index (χ1) is 8.11. The molecule has 1 aromatic rings. The highest BCUT2D eigenvalue weighted by Crippen LogP contribution is 2.41. The number of carbonyl (C=O) groups is 1. The molecule has 4 nitrogen and oxygen atoms in total. The molecule has 0 bridgehead atoms. The van der Waals surface area contributed by atoms with Crippen LogP contribution in [-0.4, -0.2) is 32.3 Å². The lowest BCUT2D eigenvalue weighted by atomic mass is 10.3. The lowest BCUT2D eigenvalue weighted by Gasteiger charge is -2.05. The highest BCUT2D eigenvalue weighted by Gasteiger charge is 2.17.